The van der Waals surface area contributed by atoms with Gasteiger partial charge in [-0.2, -0.15) is 0 Å². The number of hydrogen-bond donors (Lipinski definition) is 1. The molecular weight excluding hydrogens is 304 g/mol. The van der Waals surface area contributed by atoms with Crippen LogP contribution in [-0.4, -0.2) is 5.11 Å². The minimum Gasteiger partial charge on any atom is -0.508 e. The first-order chi connectivity index (χ1) is 12.3. The molecule has 0 atom stereocenters. The third-order valence-corrected chi connectivity index (χ3v) is 4.41. The summed E-state index contributed by atoms with van der Waals surface area (Å²) in [5.41, 5.74) is 7.11. The number of benzene rings is 4. The van der Waals surface area contributed by atoms with E-state index in [1.165, 1.54) is 22.3 Å². The fraction of sp³-hybridized carbons (Fsp3) is 0. The highest BCUT2D eigenvalue weighted by Crippen LogP contribution is 2.28. The van der Waals surface area contributed by atoms with Gasteiger partial charge in [-0.15, -0.1) is 0 Å². The van der Waals surface area contributed by atoms with Gasteiger partial charge in [-0.05, 0) is 45.5 Å². The Kier molecular flexibility index (Phi) is 4.05. The van der Waals surface area contributed by atoms with Gasteiger partial charge in [0.25, 0.3) is 0 Å². The maximum absolute atomic E-state index is 9.40. The summed E-state index contributed by atoms with van der Waals surface area (Å²) >= 11 is 0. The maximum atomic E-state index is 9.40. The third-order valence-electron chi connectivity index (χ3n) is 4.41. The van der Waals surface area contributed by atoms with E-state index in [1.54, 1.807) is 12.1 Å². The summed E-state index contributed by atoms with van der Waals surface area (Å²) < 4.78 is 0. The van der Waals surface area contributed by atoms with Crippen molar-refractivity contribution in [2.24, 2.45) is 0 Å². The van der Waals surface area contributed by atoms with E-state index in [0.29, 0.717) is 5.75 Å². The smallest absolute Gasteiger partial charge is 0.115 e. The lowest BCUT2D eigenvalue weighted by molar-refractivity contribution is 0.475. The third kappa shape index (κ3) is 3.31. The number of phenols is 1. The quantitative estimate of drug-likeness (QED) is 0.463. The van der Waals surface area contributed by atoms with Crippen LogP contribution in [0, 0.1) is 0 Å². The number of aromatic hydroxyl groups is 1. The van der Waals surface area contributed by atoms with E-state index >= 15 is 0 Å². The van der Waals surface area contributed by atoms with E-state index in [2.05, 4.69) is 72.8 Å². The molecule has 1 nitrogen and oxygen atoms in total. The van der Waals surface area contributed by atoms with Crippen molar-refractivity contribution in [2.45, 2.75) is 0 Å². The monoisotopic (exact) mass is 322 g/mol. The van der Waals surface area contributed by atoms with E-state index < -0.39 is 0 Å². The summed E-state index contributed by atoms with van der Waals surface area (Å²) in [5.74, 6) is 0.291. The molecule has 0 saturated carbocycles. The Morgan fingerprint density at radius 3 is 0.960 bits per heavy atom. The van der Waals surface area contributed by atoms with Crippen LogP contribution in [0.3, 0.4) is 0 Å². The van der Waals surface area contributed by atoms with Gasteiger partial charge in [0.15, 0.2) is 0 Å². The van der Waals surface area contributed by atoms with Gasteiger partial charge in [0, 0.05) is 0 Å². The molecule has 0 saturated heterocycles. The van der Waals surface area contributed by atoms with Gasteiger partial charge < -0.3 is 5.11 Å². The van der Waals surface area contributed by atoms with Crippen molar-refractivity contribution in [3.8, 4) is 39.1 Å². The van der Waals surface area contributed by atoms with E-state index in [4.69, 9.17) is 0 Å². The first kappa shape index (κ1) is 15.2. The molecule has 0 heterocycles. The van der Waals surface area contributed by atoms with Gasteiger partial charge in [-0.3, -0.25) is 0 Å². The lowest BCUT2D eigenvalue weighted by Crippen LogP contribution is -1.82. The summed E-state index contributed by atoms with van der Waals surface area (Å²) in [6.07, 6.45) is 0. The van der Waals surface area contributed by atoms with Crippen LogP contribution in [0.2, 0.25) is 0 Å². The van der Waals surface area contributed by atoms with Gasteiger partial charge in [0.2, 0.25) is 0 Å². The van der Waals surface area contributed by atoms with Gasteiger partial charge in [-0.25, -0.2) is 0 Å². The molecule has 1 heteroatoms. The summed E-state index contributed by atoms with van der Waals surface area (Å²) in [5, 5.41) is 9.40. The Labute approximate surface area is 147 Å². The molecule has 25 heavy (non-hydrogen) atoms. The van der Waals surface area contributed by atoms with Crippen molar-refractivity contribution in [3.63, 3.8) is 0 Å². The molecule has 0 radical (unpaired) electrons. The van der Waals surface area contributed by atoms with Crippen LogP contribution < -0.4 is 0 Å². The molecule has 4 aromatic rings. The van der Waals surface area contributed by atoms with Gasteiger partial charge in [0.1, 0.15) is 5.75 Å². The second-order valence-electron chi connectivity index (χ2n) is 6.07. The topological polar surface area (TPSA) is 20.2 Å². The summed E-state index contributed by atoms with van der Waals surface area (Å²) in [6.45, 7) is 0. The SMILES string of the molecule is Oc1ccc(-c2ccc(-c3ccc(-c4ccccc4)cc3)cc2)cc1. The molecule has 0 aliphatic heterocycles. The van der Waals surface area contributed by atoms with Crippen LogP contribution in [0.5, 0.6) is 5.75 Å². The van der Waals surface area contributed by atoms with Crippen molar-refractivity contribution in [3.05, 3.63) is 103 Å². The minimum atomic E-state index is 0.291. The average Bonchev–Trinajstić information content (AvgIpc) is 2.70. The normalized spacial score (nSPS) is 10.6. The first-order valence-electron chi connectivity index (χ1n) is 8.35. The van der Waals surface area contributed by atoms with Gasteiger partial charge >= 0.3 is 0 Å². The average molecular weight is 322 g/mol. The van der Waals surface area contributed by atoms with E-state index in [0.717, 1.165) is 11.1 Å². The van der Waals surface area contributed by atoms with Crippen molar-refractivity contribution in [2.75, 3.05) is 0 Å². The molecule has 0 fully saturated rings. The van der Waals surface area contributed by atoms with Crippen LogP contribution in [0.4, 0.5) is 0 Å². The minimum absolute atomic E-state index is 0.291. The predicted octanol–water partition coefficient (Wildman–Crippen LogP) is 6.39. The van der Waals surface area contributed by atoms with Crippen molar-refractivity contribution in [1.82, 2.24) is 0 Å². The van der Waals surface area contributed by atoms with Gasteiger partial charge in [0.05, 0.1) is 0 Å². The highest BCUT2D eigenvalue weighted by Gasteiger charge is 2.02. The standard InChI is InChI=1S/C24H18O/c25-24-16-14-23(15-17-24)22-12-10-21(11-13-22)20-8-6-19(7-9-20)18-4-2-1-3-5-18/h1-17,25H. The summed E-state index contributed by atoms with van der Waals surface area (Å²) in [4.78, 5) is 0. The molecule has 120 valence electrons. The van der Waals surface area contributed by atoms with Crippen LogP contribution in [0.25, 0.3) is 33.4 Å². The highest BCUT2D eigenvalue weighted by molar-refractivity contribution is 5.73. The lowest BCUT2D eigenvalue weighted by atomic mass is 9.98. The van der Waals surface area contributed by atoms with E-state index in [1.807, 2.05) is 18.2 Å². The number of rotatable bonds is 3. The lowest BCUT2D eigenvalue weighted by Gasteiger charge is -2.07. The zero-order valence-corrected chi connectivity index (χ0v) is 13.8. The second kappa shape index (κ2) is 6.66. The molecule has 0 aliphatic carbocycles. The Morgan fingerprint density at radius 2 is 0.600 bits per heavy atom. The molecule has 0 amide bonds. The van der Waals surface area contributed by atoms with Crippen molar-refractivity contribution < 1.29 is 5.11 Å². The Morgan fingerprint density at radius 1 is 0.320 bits per heavy atom. The fourth-order valence-electron chi connectivity index (χ4n) is 2.99. The summed E-state index contributed by atoms with van der Waals surface area (Å²) in [7, 11) is 0. The molecular formula is C24H18O. The second-order valence-corrected chi connectivity index (χ2v) is 6.07. The van der Waals surface area contributed by atoms with Crippen LogP contribution in [0.1, 0.15) is 0 Å². The molecule has 4 rings (SSSR count). The Balaban J connectivity index is 1.59. The Bertz CT molecular complexity index is 951. The first-order valence-corrected chi connectivity index (χ1v) is 8.35. The summed E-state index contributed by atoms with van der Waals surface area (Å²) in [6, 6.07) is 34.9. The highest BCUT2D eigenvalue weighted by atomic mass is 16.3. The van der Waals surface area contributed by atoms with Gasteiger partial charge in [-0.1, -0.05) is 91.0 Å². The molecule has 0 aliphatic rings. The van der Waals surface area contributed by atoms with Crippen LogP contribution in [-0.2, 0) is 0 Å². The molecule has 0 unspecified atom stereocenters. The zero-order valence-electron chi connectivity index (χ0n) is 13.8. The van der Waals surface area contributed by atoms with E-state index in [-0.39, 0.29) is 0 Å². The number of phenolic OH excluding ortho intramolecular Hbond substituents is 1. The molecule has 0 aromatic heterocycles. The molecule has 0 bridgehead atoms. The van der Waals surface area contributed by atoms with Crippen LogP contribution >= 0.6 is 0 Å². The Hall–Kier alpha value is -3.32. The predicted molar refractivity (Wildman–Crippen MR) is 104 cm³/mol. The molecule has 0 spiro atoms. The zero-order chi connectivity index (χ0) is 17.1. The molecule has 4 aromatic carbocycles. The maximum Gasteiger partial charge on any atom is 0.115 e. The van der Waals surface area contributed by atoms with Crippen LogP contribution in [0.15, 0.2) is 103 Å². The van der Waals surface area contributed by atoms with Crippen molar-refractivity contribution in [1.29, 1.82) is 0 Å². The fourth-order valence-corrected chi connectivity index (χ4v) is 2.99. The van der Waals surface area contributed by atoms with Crippen molar-refractivity contribution >= 4 is 0 Å². The van der Waals surface area contributed by atoms with E-state index in [9.17, 15) is 5.11 Å². The number of hydrogen-bond acceptors (Lipinski definition) is 1. The molecule has 1 N–H and O–H groups in total. The largest absolute Gasteiger partial charge is 0.508 e.